The first-order valence-electron chi connectivity index (χ1n) is 23.6. The zero-order chi connectivity index (χ0) is 44.8. The van der Waals surface area contributed by atoms with E-state index in [-0.39, 0.29) is 12.1 Å². The zero-order valence-corrected chi connectivity index (χ0v) is 37.9. The van der Waals surface area contributed by atoms with Gasteiger partial charge in [0.25, 0.3) is 6.71 Å². The maximum absolute atomic E-state index is 2.56. The number of rotatable bonds is 5. The molecule has 2 aliphatic rings. The van der Waals surface area contributed by atoms with Crippen LogP contribution >= 0.6 is 0 Å². The molecule has 0 saturated carbocycles. The van der Waals surface area contributed by atoms with Crippen molar-refractivity contribution in [2.24, 2.45) is 0 Å². The van der Waals surface area contributed by atoms with Crippen LogP contribution in [-0.2, 0) is 5.41 Å². The molecule has 11 aromatic carbocycles. The third kappa shape index (κ3) is 6.11. The van der Waals surface area contributed by atoms with Crippen molar-refractivity contribution in [3.63, 3.8) is 0 Å². The fourth-order valence-corrected chi connectivity index (χ4v) is 11.4. The summed E-state index contributed by atoms with van der Waals surface area (Å²) in [6.45, 7) is 7.00. The molecule has 3 heteroatoms. The van der Waals surface area contributed by atoms with Gasteiger partial charge in [-0.25, -0.2) is 0 Å². The lowest BCUT2D eigenvalue weighted by Crippen LogP contribution is -2.61. The number of anilines is 6. The normalized spacial score (nSPS) is 12.9. The Morgan fingerprint density at radius 3 is 1.36 bits per heavy atom. The van der Waals surface area contributed by atoms with Crippen LogP contribution in [0.2, 0.25) is 0 Å². The molecule has 11 aromatic rings. The molecule has 0 unspecified atom stereocenters. The molecular weight excluding hydrogens is 808 g/mol. The average molecular weight is 855 g/mol. The maximum Gasteiger partial charge on any atom is 0.252 e. The van der Waals surface area contributed by atoms with Gasteiger partial charge in [-0.1, -0.05) is 203 Å². The largest absolute Gasteiger partial charge is 0.311 e. The summed E-state index contributed by atoms with van der Waals surface area (Å²) >= 11 is 0. The fraction of sp³-hybridized carbons (Fsp3) is 0.0625. The molecule has 316 valence electrons. The lowest BCUT2D eigenvalue weighted by atomic mass is 9.33. The summed E-state index contributed by atoms with van der Waals surface area (Å²) in [5, 5.41) is 7.45. The monoisotopic (exact) mass is 854 g/mol. The molecule has 67 heavy (non-hydrogen) atoms. The Balaban J connectivity index is 1.14. The Bertz CT molecular complexity index is 3680. The summed E-state index contributed by atoms with van der Waals surface area (Å²) < 4.78 is 0. The van der Waals surface area contributed by atoms with E-state index in [4.69, 9.17) is 0 Å². The number of para-hydroxylation sites is 3. The zero-order valence-electron chi connectivity index (χ0n) is 37.9. The third-order valence-corrected chi connectivity index (χ3v) is 14.4. The minimum absolute atomic E-state index is 0.0298. The summed E-state index contributed by atoms with van der Waals surface area (Å²) in [5.41, 5.74) is 19.8. The summed E-state index contributed by atoms with van der Waals surface area (Å²) in [5.74, 6) is 0. The molecule has 0 N–H and O–H groups in total. The molecule has 0 aromatic heterocycles. The molecule has 0 bridgehead atoms. The third-order valence-electron chi connectivity index (χ3n) is 14.4. The van der Waals surface area contributed by atoms with E-state index in [1.165, 1.54) is 110 Å². The SMILES string of the molecule is CC(C)(C)c1ccc2c(c1)N(c1ccccc1)c1cc(-c3c4ccccc4c(-c4ccc(-c5ccccc5)c5ccccc45)c4ccccc34)cc3c1B2c1ccccc1N3c1ccccc1. The van der Waals surface area contributed by atoms with Crippen LogP contribution in [0.3, 0.4) is 0 Å². The van der Waals surface area contributed by atoms with Crippen molar-refractivity contribution in [1.29, 1.82) is 0 Å². The fourth-order valence-electron chi connectivity index (χ4n) is 11.4. The number of fused-ring (bicyclic) bond motifs is 7. The second-order valence-electron chi connectivity index (χ2n) is 19.2. The van der Waals surface area contributed by atoms with Gasteiger partial charge in [0.2, 0.25) is 0 Å². The maximum atomic E-state index is 2.56. The number of nitrogens with zero attached hydrogens (tertiary/aromatic N) is 2. The Labute approximate surface area is 393 Å². The van der Waals surface area contributed by atoms with Crippen LogP contribution < -0.4 is 26.2 Å². The molecule has 13 rings (SSSR count). The van der Waals surface area contributed by atoms with Crippen LogP contribution in [0.1, 0.15) is 26.3 Å². The topological polar surface area (TPSA) is 6.48 Å². The lowest BCUT2D eigenvalue weighted by molar-refractivity contribution is 0.590. The van der Waals surface area contributed by atoms with Crippen molar-refractivity contribution in [1.82, 2.24) is 0 Å². The highest BCUT2D eigenvalue weighted by atomic mass is 15.2. The van der Waals surface area contributed by atoms with Gasteiger partial charge >= 0.3 is 0 Å². The Kier molecular flexibility index (Phi) is 8.92. The van der Waals surface area contributed by atoms with Crippen LogP contribution in [0.5, 0.6) is 0 Å². The van der Waals surface area contributed by atoms with E-state index in [2.05, 4.69) is 261 Å². The first kappa shape index (κ1) is 39.2. The number of hydrogen-bond donors (Lipinski definition) is 0. The van der Waals surface area contributed by atoms with Gasteiger partial charge in [0, 0.05) is 34.1 Å². The van der Waals surface area contributed by atoms with Crippen LogP contribution in [0.4, 0.5) is 34.1 Å². The van der Waals surface area contributed by atoms with E-state index >= 15 is 0 Å². The molecule has 0 radical (unpaired) electrons. The minimum atomic E-state index is -0.0357. The molecule has 2 aliphatic heterocycles. The van der Waals surface area contributed by atoms with Gasteiger partial charge in [0.15, 0.2) is 0 Å². The van der Waals surface area contributed by atoms with Crippen LogP contribution in [0, 0.1) is 0 Å². The quantitative estimate of drug-likeness (QED) is 0.126. The second-order valence-corrected chi connectivity index (χ2v) is 19.2. The van der Waals surface area contributed by atoms with Crippen molar-refractivity contribution in [2.75, 3.05) is 9.80 Å². The summed E-state index contributed by atoms with van der Waals surface area (Å²) in [7, 11) is 0. The van der Waals surface area contributed by atoms with E-state index in [0.717, 1.165) is 11.4 Å². The first-order valence-corrected chi connectivity index (χ1v) is 23.6. The molecule has 0 saturated heterocycles. The predicted molar refractivity (Wildman–Crippen MR) is 288 cm³/mol. The van der Waals surface area contributed by atoms with Crippen LogP contribution in [-0.4, -0.2) is 6.71 Å². The van der Waals surface area contributed by atoms with Crippen molar-refractivity contribution in [3.8, 4) is 33.4 Å². The van der Waals surface area contributed by atoms with Crippen molar-refractivity contribution in [2.45, 2.75) is 26.2 Å². The van der Waals surface area contributed by atoms with E-state index in [1.54, 1.807) is 0 Å². The van der Waals surface area contributed by atoms with E-state index < -0.39 is 0 Å². The molecule has 0 fully saturated rings. The second kappa shape index (κ2) is 15.2. The van der Waals surface area contributed by atoms with Gasteiger partial charge in [-0.05, 0) is 142 Å². The van der Waals surface area contributed by atoms with Gasteiger partial charge in [-0.2, -0.15) is 0 Å². The van der Waals surface area contributed by atoms with Gasteiger partial charge in [0.05, 0.1) is 0 Å². The molecule has 2 heterocycles. The number of hydrogen-bond acceptors (Lipinski definition) is 2. The Hall–Kier alpha value is -8.14. The van der Waals surface area contributed by atoms with Gasteiger partial charge < -0.3 is 9.80 Å². The van der Waals surface area contributed by atoms with Gasteiger partial charge in [-0.15, -0.1) is 0 Å². The van der Waals surface area contributed by atoms with Crippen LogP contribution in [0.15, 0.2) is 231 Å². The molecule has 0 amide bonds. The van der Waals surface area contributed by atoms with E-state index in [9.17, 15) is 0 Å². The highest BCUT2D eigenvalue weighted by Gasteiger charge is 2.44. The molecule has 0 atom stereocenters. The van der Waals surface area contributed by atoms with Crippen molar-refractivity contribution < 1.29 is 0 Å². The number of benzene rings is 11. The Morgan fingerprint density at radius 1 is 0.328 bits per heavy atom. The highest BCUT2D eigenvalue weighted by Crippen LogP contribution is 2.51. The average Bonchev–Trinajstić information content (AvgIpc) is 3.37. The predicted octanol–water partition coefficient (Wildman–Crippen LogP) is 15.5. The smallest absolute Gasteiger partial charge is 0.252 e. The molecule has 0 aliphatic carbocycles. The van der Waals surface area contributed by atoms with E-state index in [1.807, 2.05) is 0 Å². The van der Waals surface area contributed by atoms with E-state index in [0.29, 0.717) is 0 Å². The van der Waals surface area contributed by atoms with Crippen molar-refractivity contribution >= 4 is 89.5 Å². The Morgan fingerprint density at radius 2 is 0.776 bits per heavy atom. The summed E-state index contributed by atoms with van der Waals surface area (Å²) in [6, 6.07) is 85.9. The van der Waals surface area contributed by atoms with Crippen LogP contribution in [0.25, 0.3) is 65.7 Å². The lowest BCUT2D eigenvalue weighted by Gasteiger charge is -2.45. The van der Waals surface area contributed by atoms with Crippen molar-refractivity contribution in [3.05, 3.63) is 236 Å². The summed E-state index contributed by atoms with van der Waals surface area (Å²) in [4.78, 5) is 5.07. The molecule has 2 nitrogen and oxygen atoms in total. The summed E-state index contributed by atoms with van der Waals surface area (Å²) in [6.07, 6.45) is 0. The van der Waals surface area contributed by atoms with Gasteiger partial charge in [0.1, 0.15) is 0 Å². The minimum Gasteiger partial charge on any atom is -0.311 e. The van der Waals surface area contributed by atoms with Gasteiger partial charge in [-0.3, -0.25) is 0 Å². The molecular formula is C64H47BN2. The first-order chi connectivity index (χ1) is 32.9. The molecule has 0 spiro atoms. The standard InChI is InChI=1S/C64H47BN2/c1-64(2,3)44-35-38-56-58(41-44)67(46-25-11-6-12-26-46)60-40-43(39-59-63(60)65(56)55-33-19-20-34-57(55)66(59)45-23-9-5-10-24-45)61-50-29-15-17-31-52(50)62(53-32-18-16-30-51(53)61)54-37-36-47(42-21-7-4-8-22-42)48-27-13-14-28-49(48)54/h4-41H,1-3H3. The highest BCUT2D eigenvalue weighted by molar-refractivity contribution is 7.00.